The summed E-state index contributed by atoms with van der Waals surface area (Å²) in [5.41, 5.74) is 0.546. The van der Waals surface area contributed by atoms with Gasteiger partial charge >= 0.3 is 0 Å². The van der Waals surface area contributed by atoms with Gasteiger partial charge in [0.25, 0.3) is 11.3 Å². The highest BCUT2D eigenvalue weighted by Gasteiger charge is 2.13. The number of ether oxygens (including phenoxy) is 1. The summed E-state index contributed by atoms with van der Waals surface area (Å²) >= 11 is 0. The maximum Gasteiger partial charge on any atom is 0.274 e. The Labute approximate surface area is 116 Å². The Morgan fingerprint density at radius 1 is 1.40 bits per heavy atom. The van der Waals surface area contributed by atoms with E-state index in [9.17, 15) is 4.79 Å². The zero-order valence-corrected chi connectivity index (χ0v) is 11.6. The van der Waals surface area contributed by atoms with E-state index in [1.165, 1.54) is 10.6 Å². The molecule has 2 aromatic rings. The Kier molecular flexibility index (Phi) is 3.79. The second-order valence-electron chi connectivity index (χ2n) is 5.11. The Balaban J connectivity index is 1.63. The molecule has 0 aromatic carbocycles. The van der Waals surface area contributed by atoms with Crippen molar-refractivity contribution < 1.29 is 4.74 Å². The van der Waals surface area contributed by atoms with Crippen LogP contribution in [0.25, 0.3) is 5.78 Å². The van der Waals surface area contributed by atoms with Gasteiger partial charge in [-0.1, -0.05) is 0 Å². The minimum absolute atomic E-state index is 0.134. The second-order valence-corrected chi connectivity index (χ2v) is 5.11. The summed E-state index contributed by atoms with van der Waals surface area (Å²) in [5, 5.41) is 6.27. The predicted molar refractivity (Wildman–Crippen MR) is 73.9 cm³/mol. The lowest BCUT2D eigenvalue weighted by Crippen LogP contribution is -2.32. The fourth-order valence-corrected chi connectivity index (χ4v) is 2.43. The number of nitrogens with one attached hydrogen (secondary N) is 2. The van der Waals surface area contributed by atoms with Gasteiger partial charge in [-0.05, 0) is 32.9 Å². The van der Waals surface area contributed by atoms with Crippen LogP contribution < -0.4 is 10.9 Å². The predicted octanol–water partition coefficient (Wildman–Crippen LogP) is 0.0371. The van der Waals surface area contributed by atoms with Crippen LogP contribution in [0.15, 0.2) is 10.9 Å². The first kappa shape index (κ1) is 13.3. The van der Waals surface area contributed by atoms with Crippen LogP contribution in [-0.4, -0.2) is 45.4 Å². The number of piperidine rings is 1. The van der Waals surface area contributed by atoms with Crippen LogP contribution in [0.1, 0.15) is 24.4 Å². The summed E-state index contributed by atoms with van der Waals surface area (Å²) in [7, 11) is 0. The molecule has 0 saturated carbocycles. The van der Waals surface area contributed by atoms with Crippen LogP contribution in [0.5, 0.6) is 0 Å². The van der Waals surface area contributed by atoms with Crippen molar-refractivity contribution in [2.24, 2.45) is 0 Å². The average molecular weight is 277 g/mol. The van der Waals surface area contributed by atoms with Crippen LogP contribution in [0, 0.1) is 6.92 Å². The van der Waals surface area contributed by atoms with Gasteiger partial charge in [-0.15, -0.1) is 0 Å². The smallest absolute Gasteiger partial charge is 0.274 e. The third kappa shape index (κ3) is 2.88. The van der Waals surface area contributed by atoms with Gasteiger partial charge in [-0.2, -0.15) is 9.50 Å². The highest BCUT2D eigenvalue weighted by molar-refractivity contribution is 5.27. The number of aromatic amines is 1. The number of hydrogen-bond acceptors (Lipinski definition) is 5. The van der Waals surface area contributed by atoms with E-state index in [4.69, 9.17) is 4.74 Å². The minimum Gasteiger partial charge on any atom is -0.378 e. The van der Waals surface area contributed by atoms with E-state index in [1.807, 2.05) is 0 Å². The molecular weight excluding hydrogens is 258 g/mol. The molecule has 108 valence electrons. The first-order valence-electron chi connectivity index (χ1n) is 7.00. The molecule has 7 heteroatoms. The fourth-order valence-electron chi connectivity index (χ4n) is 2.43. The summed E-state index contributed by atoms with van der Waals surface area (Å²) in [6.07, 6.45) is 3.11. The summed E-state index contributed by atoms with van der Waals surface area (Å²) < 4.78 is 7.20. The topological polar surface area (TPSA) is 84.3 Å². The lowest BCUT2D eigenvalue weighted by atomic mass is 10.1. The lowest BCUT2D eigenvalue weighted by Gasteiger charge is -2.22. The minimum atomic E-state index is -0.134. The molecule has 3 heterocycles. The van der Waals surface area contributed by atoms with Crippen LogP contribution >= 0.6 is 0 Å². The monoisotopic (exact) mass is 277 g/mol. The van der Waals surface area contributed by atoms with Crippen molar-refractivity contribution in [1.29, 1.82) is 0 Å². The molecule has 0 radical (unpaired) electrons. The molecule has 1 aliphatic heterocycles. The largest absolute Gasteiger partial charge is 0.378 e. The number of nitrogens with zero attached hydrogens (tertiary/aromatic N) is 3. The van der Waals surface area contributed by atoms with Crippen LogP contribution in [0.3, 0.4) is 0 Å². The molecule has 1 fully saturated rings. The molecule has 0 aliphatic carbocycles. The van der Waals surface area contributed by atoms with Crippen molar-refractivity contribution in [2.45, 2.75) is 32.3 Å². The van der Waals surface area contributed by atoms with E-state index in [-0.39, 0.29) is 5.56 Å². The van der Waals surface area contributed by atoms with Gasteiger partial charge in [0.15, 0.2) is 0 Å². The normalized spacial score (nSPS) is 16.9. The van der Waals surface area contributed by atoms with E-state index in [0.717, 1.165) is 31.8 Å². The summed E-state index contributed by atoms with van der Waals surface area (Å²) in [6.45, 7) is 4.44. The van der Waals surface area contributed by atoms with Gasteiger partial charge in [-0.3, -0.25) is 9.89 Å². The maximum atomic E-state index is 11.7. The van der Waals surface area contributed by atoms with Gasteiger partial charge in [0.05, 0.1) is 12.7 Å². The number of aryl methyl sites for hydroxylation is 1. The van der Waals surface area contributed by atoms with Gasteiger partial charge < -0.3 is 10.1 Å². The van der Waals surface area contributed by atoms with Crippen LogP contribution in [0.2, 0.25) is 0 Å². The number of fused-ring (bicyclic) bond motifs is 1. The molecule has 0 bridgehead atoms. The summed E-state index contributed by atoms with van der Waals surface area (Å²) in [6, 6.07) is 1.49. The van der Waals surface area contributed by atoms with Crippen LogP contribution in [-0.2, 0) is 11.2 Å². The Morgan fingerprint density at radius 2 is 2.20 bits per heavy atom. The second kappa shape index (κ2) is 5.72. The molecule has 20 heavy (non-hydrogen) atoms. The Bertz CT molecular complexity index is 642. The molecule has 0 spiro atoms. The number of hydrogen-bond donors (Lipinski definition) is 2. The summed E-state index contributed by atoms with van der Waals surface area (Å²) in [4.78, 5) is 20.3. The lowest BCUT2D eigenvalue weighted by molar-refractivity contribution is 0.0342. The first-order chi connectivity index (χ1) is 9.72. The fraction of sp³-hybridized carbons (Fsp3) is 0.615. The van der Waals surface area contributed by atoms with Crippen molar-refractivity contribution in [1.82, 2.24) is 24.9 Å². The van der Waals surface area contributed by atoms with Crippen molar-refractivity contribution >= 4 is 5.78 Å². The van der Waals surface area contributed by atoms with E-state index < -0.39 is 0 Å². The quantitative estimate of drug-likeness (QED) is 0.824. The van der Waals surface area contributed by atoms with E-state index in [2.05, 4.69) is 20.4 Å². The third-order valence-electron chi connectivity index (χ3n) is 3.48. The molecule has 1 saturated heterocycles. The van der Waals surface area contributed by atoms with Gasteiger partial charge in [0, 0.05) is 18.2 Å². The molecule has 1 aliphatic rings. The molecule has 0 unspecified atom stereocenters. The van der Waals surface area contributed by atoms with Gasteiger partial charge in [0.1, 0.15) is 5.82 Å². The average Bonchev–Trinajstić information content (AvgIpc) is 2.83. The van der Waals surface area contributed by atoms with Crippen molar-refractivity contribution in [3.63, 3.8) is 0 Å². The van der Waals surface area contributed by atoms with Crippen LogP contribution in [0.4, 0.5) is 0 Å². The SMILES string of the molecule is Cc1cc(=O)n2[nH]c(CCOC3CCNCC3)nc2n1. The maximum absolute atomic E-state index is 11.7. The van der Waals surface area contributed by atoms with E-state index >= 15 is 0 Å². The molecular formula is C13H19N5O2. The zero-order valence-electron chi connectivity index (χ0n) is 11.6. The molecule has 0 atom stereocenters. The molecule has 0 amide bonds. The van der Waals surface area contributed by atoms with Crippen molar-refractivity contribution in [3.05, 3.63) is 27.9 Å². The third-order valence-corrected chi connectivity index (χ3v) is 3.48. The van der Waals surface area contributed by atoms with E-state index in [1.54, 1.807) is 6.92 Å². The first-order valence-corrected chi connectivity index (χ1v) is 7.00. The molecule has 3 rings (SSSR count). The van der Waals surface area contributed by atoms with Gasteiger partial charge in [-0.25, -0.2) is 4.98 Å². The summed E-state index contributed by atoms with van der Waals surface area (Å²) in [5.74, 6) is 1.15. The number of aromatic nitrogens is 4. The van der Waals surface area contributed by atoms with Gasteiger partial charge in [0.2, 0.25) is 0 Å². The number of H-pyrrole nitrogens is 1. The van der Waals surface area contributed by atoms with Crippen molar-refractivity contribution in [2.75, 3.05) is 19.7 Å². The number of rotatable bonds is 4. The van der Waals surface area contributed by atoms with E-state index in [0.29, 0.717) is 30.6 Å². The Hall–Kier alpha value is -1.73. The zero-order chi connectivity index (χ0) is 13.9. The molecule has 2 aromatic heterocycles. The molecule has 2 N–H and O–H groups in total. The Morgan fingerprint density at radius 3 is 3.00 bits per heavy atom. The molecule has 7 nitrogen and oxygen atoms in total. The highest BCUT2D eigenvalue weighted by atomic mass is 16.5. The van der Waals surface area contributed by atoms with Crippen molar-refractivity contribution in [3.8, 4) is 0 Å². The standard InChI is InChI=1S/C13H19N5O2/c1-9-8-12(19)18-13(15-9)16-11(17-18)4-7-20-10-2-5-14-6-3-10/h8,10,14H,2-7H2,1H3,(H,15,16,17). The highest BCUT2D eigenvalue weighted by Crippen LogP contribution is 2.07.